The molecule has 1 rings (SSSR count). The fraction of sp³-hybridized carbons (Fsp3) is 1.00. The van der Waals surface area contributed by atoms with Crippen LogP contribution in [0.4, 0.5) is 0 Å². The molecular weight excluding hydrogens is 160 g/mol. The Bertz CT molecular complexity index is 153. The summed E-state index contributed by atoms with van der Waals surface area (Å²) in [5.41, 5.74) is -0.444. The molecule has 0 amide bonds. The minimum Gasteiger partial charge on any atom is -0.390 e. The van der Waals surface area contributed by atoms with Gasteiger partial charge in [-0.15, -0.1) is 0 Å². The largest absolute Gasteiger partial charge is 0.390 e. The quantitative estimate of drug-likeness (QED) is 0.698. The van der Waals surface area contributed by atoms with Crippen molar-refractivity contribution in [1.82, 2.24) is 0 Å². The number of hydrogen-bond donors (Lipinski definition) is 1. The second-order valence-electron chi connectivity index (χ2n) is 5.34. The summed E-state index contributed by atoms with van der Waals surface area (Å²) in [6, 6.07) is 0. The van der Waals surface area contributed by atoms with Gasteiger partial charge in [0.25, 0.3) is 0 Å². The summed E-state index contributed by atoms with van der Waals surface area (Å²) in [5.74, 6) is 1.79. The van der Waals surface area contributed by atoms with Crippen LogP contribution in [0.1, 0.15) is 53.4 Å². The molecule has 0 bridgehead atoms. The van der Waals surface area contributed by atoms with Gasteiger partial charge >= 0.3 is 0 Å². The Labute approximate surface area is 82.5 Å². The average Bonchev–Trinajstić information content (AvgIpc) is 2.04. The SMILES string of the molecule is CC1CCC(C(C)(O)C(C)C)CC1. The van der Waals surface area contributed by atoms with Gasteiger partial charge in [0.05, 0.1) is 5.60 Å². The van der Waals surface area contributed by atoms with E-state index < -0.39 is 5.60 Å². The van der Waals surface area contributed by atoms with Crippen LogP contribution in [0.5, 0.6) is 0 Å². The fourth-order valence-corrected chi connectivity index (χ4v) is 2.32. The number of hydrogen-bond acceptors (Lipinski definition) is 1. The van der Waals surface area contributed by atoms with Crippen LogP contribution in [0.25, 0.3) is 0 Å². The van der Waals surface area contributed by atoms with Crippen LogP contribution in [-0.2, 0) is 0 Å². The smallest absolute Gasteiger partial charge is 0.0670 e. The maximum absolute atomic E-state index is 10.3. The summed E-state index contributed by atoms with van der Waals surface area (Å²) in [5, 5.41) is 10.3. The Morgan fingerprint density at radius 1 is 1.15 bits per heavy atom. The molecule has 0 radical (unpaired) electrons. The van der Waals surface area contributed by atoms with E-state index in [9.17, 15) is 5.11 Å². The van der Waals surface area contributed by atoms with Crippen LogP contribution >= 0.6 is 0 Å². The van der Waals surface area contributed by atoms with Crippen molar-refractivity contribution in [3.8, 4) is 0 Å². The molecule has 1 N–H and O–H groups in total. The normalized spacial score (nSPS) is 34.6. The van der Waals surface area contributed by atoms with E-state index in [1.807, 2.05) is 6.92 Å². The third-order valence-corrected chi connectivity index (χ3v) is 4.01. The van der Waals surface area contributed by atoms with Crippen LogP contribution in [-0.4, -0.2) is 10.7 Å². The molecule has 1 atom stereocenters. The van der Waals surface area contributed by atoms with Crippen LogP contribution < -0.4 is 0 Å². The first kappa shape index (κ1) is 11.0. The summed E-state index contributed by atoms with van der Waals surface area (Å²) < 4.78 is 0. The van der Waals surface area contributed by atoms with Crippen molar-refractivity contribution < 1.29 is 5.11 Å². The van der Waals surface area contributed by atoms with Crippen molar-refractivity contribution in [1.29, 1.82) is 0 Å². The van der Waals surface area contributed by atoms with Crippen molar-refractivity contribution in [2.75, 3.05) is 0 Å². The minimum atomic E-state index is -0.444. The van der Waals surface area contributed by atoms with Gasteiger partial charge in [0.1, 0.15) is 0 Å². The van der Waals surface area contributed by atoms with Gasteiger partial charge in [0.2, 0.25) is 0 Å². The van der Waals surface area contributed by atoms with Crippen molar-refractivity contribution in [2.24, 2.45) is 17.8 Å². The Morgan fingerprint density at radius 3 is 2.00 bits per heavy atom. The van der Waals surface area contributed by atoms with Crippen LogP contribution in [0.2, 0.25) is 0 Å². The molecule has 0 aliphatic heterocycles. The van der Waals surface area contributed by atoms with Crippen LogP contribution in [0.3, 0.4) is 0 Å². The molecule has 1 heteroatoms. The standard InChI is InChI=1S/C12H24O/c1-9(2)12(4,13)11-7-5-10(3)6-8-11/h9-11,13H,5-8H2,1-4H3. The van der Waals surface area contributed by atoms with E-state index in [2.05, 4.69) is 20.8 Å². The van der Waals surface area contributed by atoms with Crippen molar-refractivity contribution in [2.45, 2.75) is 59.0 Å². The Kier molecular flexibility index (Phi) is 3.39. The number of aliphatic hydroxyl groups is 1. The van der Waals surface area contributed by atoms with Gasteiger partial charge in [-0.25, -0.2) is 0 Å². The zero-order chi connectivity index (χ0) is 10.1. The lowest BCUT2D eigenvalue weighted by atomic mass is 9.70. The predicted molar refractivity (Wildman–Crippen MR) is 56.6 cm³/mol. The lowest BCUT2D eigenvalue weighted by molar-refractivity contribution is -0.0582. The highest BCUT2D eigenvalue weighted by atomic mass is 16.3. The second kappa shape index (κ2) is 4.00. The molecule has 78 valence electrons. The third kappa shape index (κ3) is 2.46. The Hall–Kier alpha value is -0.0400. The zero-order valence-electron chi connectivity index (χ0n) is 9.51. The van der Waals surface area contributed by atoms with Gasteiger partial charge in [-0.1, -0.05) is 33.6 Å². The Balaban J connectivity index is 2.52. The molecule has 0 spiro atoms. The van der Waals surface area contributed by atoms with E-state index in [1.165, 1.54) is 25.7 Å². The van der Waals surface area contributed by atoms with Gasteiger partial charge < -0.3 is 5.11 Å². The maximum atomic E-state index is 10.3. The van der Waals surface area contributed by atoms with E-state index in [0.717, 1.165) is 5.92 Å². The first-order valence-corrected chi connectivity index (χ1v) is 5.67. The molecule has 0 aromatic rings. The monoisotopic (exact) mass is 184 g/mol. The molecule has 13 heavy (non-hydrogen) atoms. The second-order valence-corrected chi connectivity index (χ2v) is 5.34. The third-order valence-electron chi connectivity index (χ3n) is 4.01. The van der Waals surface area contributed by atoms with Gasteiger partial charge in [-0.05, 0) is 37.5 Å². The van der Waals surface area contributed by atoms with E-state index in [4.69, 9.17) is 0 Å². The lowest BCUT2D eigenvalue weighted by Crippen LogP contribution is -2.41. The highest BCUT2D eigenvalue weighted by Crippen LogP contribution is 2.38. The van der Waals surface area contributed by atoms with Crippen LogP contribution in [0, 0.1) is 17.8 Å². The predicted octanol–water partition coefficient (Wildman–Crippen LogP) is 3.22. The number of rotatable bonds is 2. The first-order chi connectivity index (χ1) is 5.94. The molecule has 0 heterocycles. The summed E-state index contributed by atoms with van der Waals surface area (Å²) in [6.07, 6.45) is 5.03. The summed E-state index contributed by atoms with van der Waals surface area (Å²) in [4.78, 5) is 0. The van der Waals surface area contributed by atoms with E-state index in [1.54, 1.807) is 0 Å². The molecule has 0 aromatic carbocycles. The fourth-order valence-electron chi connectivity index (χ4n) is 2.32. The summed E-state index contributed by atoms with van der Waals surface area (Å²) in [6.45, 7) is 8.58. The topological polar surface area (TPSA) is 20.2 Å². The van der Waals surface area contributed by atoms with Gasteiger partial charge in [-0.3, -0.25) is 0 Å². The van der Waals surface area contributed by atoms with Crippen molar-refractivity contribution in [3.63, 3.8) is 0 Å². The molecule has 1 fully saturated rings. The first-order valence-electron chi connectivity index (χ1n) is 5.67. The molecule has 0 aromatic heterocycles. The van der Waals surface area contributed by atoms with Gasteiger partial charge in [0.15, 0.2) is 0 Å². The Morgan fingerprint density at radius 2 is 1.62 bits per heavy atom. The average molecular weight is 184 g/mol. The van der Waals surface area contributed by atoms with Gasteiger partial charge in [-0.2, -0.15) is 0 Å². The molecule has 1 nitrogen and oxygen atoms in total. The highest BCUT2D eigenvalue weighted by molar-refractivity contribution is 4.87. The van der Waals surface area contributed by atoms with Gasteiger partial charge in [0, 0.05) is 0 Å². The highest BCUT2D eigenvalue weighted by Gasteiger charge is 2.36. The molecule has 0 saturated heterocycles. The molecule has 1 unspecified atom stereocenters. The zero-order valence-corrected chi connectivity index (χ0v) is 9.51. The summed E-state index contributed by atoms with van der Waals surface area (Å²) in [7, 11) is 0. The van der Waals surface area contributed by atoms with E-state index >= 15 is 0 Å². The van der Waals surface area contributed by atoms with E-state index in [0.29, 0.717) is 11.8 Å². The molecule has 1 aliphatic rings. The lowest BCUT2D eigenvalue weighted by Gasteiger charge is -2.40. The van der Waals surface area contributed by atoms with Crippen molar-refractivity contribution in [3.05, 3.63) is 0 Å². The van der Waals surface area contributed by atoms with Crippen LogP contribution in [0.15, 0.2) is 0 Å². The summed E-state index contributed by atoms with van der Waals surface area (Å²) >= 11 is 0. The minimum absolute atomic E-state index is 0.380. The van der Waals surface area contributed by atoms with Crippen molar-refractivity contribution >= 4 is 0 Å². The molecular formula is C12H24O. The molecule has 1 aliphatic carbocycles. The molecule has 1 saturated carbocycles. The maximum Gasteiger partial charge on any atom is 0.0670 e. The van der Waals surface area contributed by atoms with E-state index in [-0.39, 0.29) is 0 Å².